The molecule has 0 saturated carbocycles. The number of hydrogen-bond donors (Lipinski definition) is 0. The minimum atomic E-state index is 0.0556. The topological polar surface area (TPSA) is 56.8 Å². The number of aromatic nitrogens is 1. The molecule has 136 valence electrons. The zero-order valence-corrected chi connectivity index (χ0v) is 15.6. The van der Waals surface area contributed by atoms with E-state index < -0.39 is 0 Å². The molecule has 2 fully saturated rings. The lowest BCUT2D eigenvalue weighted by Gasteiger charge is -2.38. The van der Waals surface area contributed by atoms with Crippen LogP contribution in [0.15, 0.2) is 18.5 Å². The summed E-state index contributed by atoms with van der Waals surface area (Å²) < 4.78 is 0. The van der Waals surface area contributed by atoms with E-state index in [-0.39, 0.29) is 23.9 Å². The highest BCUT2D eigenvalue weighted by molar-refractivity contribution is 5.94. The lowest BCUT2D eigenvalue weighted by Crippen LogP contribution is -2.50. The fourth-order valence-electron chi connectivity index (χ4n) is 4.47. The second-order valence-electron chi connectivity index (χ2n) is 7.70. The van der Waals surface area contributed by atoms with Gasteiger partial charge in [0, 0.05) is 51.0 Å². The third-order valence-electron chi connectivity index (χ3n) is 5.37. The van der Waals surface area contributed by atoms with Gasteiger partial charge in [-0.1, -0.05) is 0 Å². The number of amides is 2. The number of rotatable bonds is 3. The summed E-state index contributed by atoms with van der Waals surface area (Å²) in [6.45, 7) is 5.92. The van der Waals surface area contributed by atoms with E-state index in [0.29, 0.717) is 18.0 Å². The first-order chi connectivity index (χ1) is 11.9. The Hall–Kier alpha value is -1.95. The van der Waals surface area contributed by atoms with Crippen LogP contribution < -0.4 is 0 Å². The number of likely N-dealkylation sites (N-methyl/N-ethyl adjacent to an activating group) is 1. The van der Waals surface area contributed by atoms with E-state index in [1.807, 2.05) is 32.0 Å². The molecule has 0 unspecified atom stereocenters. The molecule has 2 aliphatic heterocycles. The van der Waals surface area contributed by atoms with Crippen LogP contribution in [0.5, 0.6) is 0 Å². The molecule has 0 bridgehead atoms. The number of hydrogen-bond acceptors (Lipinski definition) is 4. The summed E-state index contributed by atoms with van der Waals surface area (Å²) in [5.41, 5.74) is 1.65. The Labute approximate surface area is 149 Å². The minimum absolute atomic E-state index is 0.0556. The number of carbonyl (C=O) groups is 2. The third-order valence-corrected chi connectivity index (χ3v) is 5.37. The molecule has 0 aliphatic carbocycles. The van der Waals surface area contributed by atoms with Gasteiger partial charge in [0.25, 0.3) is 5.91 Å². The van der Waals surface area contributed by atoms with Crippen LogP contribution in [0, 0.1) is 12.8 Å². The summed E-state index contributed by atoms with van der Waals surface area (Å²) >= 11 is 0. The van der Waals surface area contributed by atoms with Crippen molar-refractivity contribution in [1.82, 2.24) is 19.7 Å². The monoisotopic (exact) mass is 344 g/mol. The molecule has 0 radical (unpaired) electrons. The highest BCUT2D eigenvalue weighted by atomic mass is 16.2. The van der Waals surface area contributed by atoms with Gasteiger partial charge in [-0.2, -0.15) is 0 Å². The normalized spacial score (nSPS) is 26.0. The smallest absolute Gasteiger partial charge is 0.255 e. The lowest BCUT2D eigenvalue weighted by atomic mass is 9.91. The summed E-state index contributed by atoms with van der Waals surface area (Å²) in [6, 6.07) is 2.41. The Morgan fingerprint density at radius 2 is 2.08 bits per heavy atom. The predicted octanol–water partition coefficient (Wildman–Crippen LogP) is 1.40. The van der Waals surface area contributed by atoms with E-state index in [1.54, 1.807) is 19.3 Å². The van der Waals surface area contributed by atoms with Crippen molar-refractivity contribution < 1.29 is 9.59 Å². The molecule has 2 amide bonds. The first kappa shape index (κ1) is 17.9. The molecular formula is C19H28N4O2. The maximum absolute atomic E-state index is 12.8. The molecule has 0 spiro atoms. The van der Waals surface area contributed by atoms with Gasteiger partial charge >= 0.3 is 0 Å². The molecule has 2 saturated heterocycles. The second kappa shape index (κ2) is 7.12. The van der Waals surface area contributed by atoms with Crippen LogP contribution in [0.1, 0.15) is 35.7 Å². The van der Waals surface area contributed by atoms with Crippen LogP contribution in [0.2, 0.25) is 0 Å². The number of aryl methyl sites for hydroxylation is 1. The van der Waals surface area contributed by atoms with Gasteiger partial charge in [0.1, 0.15) is 0 Å². The van der Waals surface area contributed by atoms with E-state index >= 15 is 0 Å². The standard InChI is InChI=1S/C19H28N4O2/c1-13-7-15(10-20-9-13)19(25)22-6-5-18-16(11-22)8-17(12-21(3)4)23(18)14(2)24/h7,9-10,16-18H,5-6,8,11-12H2,1-4H3/t16-,17+,18+/m1/s1. The summed E-state index contributed by atoms with van der Waals surface area (Å²) in [5.74, 6) is 0.575. The summed E-state index contributed by atoms with van der Waals surface area (Å²) in [5, 5.41) is 0. The van der Waals surface area contributed by atoms with Gasteiger partial charge in [-0.15, -0.1) is 0 Å². The Morgan fingerprint density at radius 3 is 2.72 bits per heavy atom. The Kier molecular flexibility index (Phi) is 5.08. The van der Waals surface area contributed by atoms with Gasteiger partial charge in [0.15, 0.2) is 0 Å². The van der Waals surface area contributed by atoms with Crippen molar-refractivity contribution in [3.05, 3.63) is 29.6 Å². The zero-order chi connectivity index (χ0) is 18.1. The Bertz CT molecular complexity index is 661. The molecule has 25 heavy (non-hydrogen) atoms. The minimum Gasteiger partial charge on any atom is -0.338 e. The van der Waals surface area contributed by atoms with E-state index in [9.17, 15) is 9.59 Å². The van der Waals surface area contributed by atoms with Gasteiger partial charge in [0.2, 0.25) is 5.91 Å². The lowest BCUT2D eigenvalue weighted by molar-refractivity contribution is -0.132. The highest BCUT2D eigenvalue weighted by Gasteiger charge is 2.45. The summed E-state index contributed by atoms with van der Waals surface area (Å²) in [4.78, 5) is 35.3. The van der Waals surface area contributed by atoms with E-state index in [1.165, 1.54) is 0 Å². The van der Waals surface area contributed by atoms with Crippen molar-refractivity contribution in [2.75, 3.05) is 33.7 Å². The van der Waals surface area contributed by atoms with Gasteiger partial charge in [0.05, 0.1) is 5.56 Å². The van der Waals surface area contributed by atoms with Crippen molar-refractivity contribution in [2.45, 2.75) is 38.8 Å². The van der Waals surface area contributed by atoms with Gasteiger partial charge in [-0.25, -0.2) is 0 Å². The largest absolute Gasteiger partial charge is 0.338 e. The van der Waals surface area contributed by atoms with Crippen LogP contribution in [0.25, 0.3) is 0 Å². The number of likely N-dealkylation sites (tertiary alicyclic amines) is 2. The van der Waals surface area contributed by atoms with Crippen molar-refractivity contribution in [3.8, 4) is 0 Å². The Morgan fingerprint density at radius 1 is 1.32 bits per heavy atom. The number of pyridine rings is 1. The summed E-state index contributed by atoms with van der Waals surface area (Å²) in [7, 11) is 4.09. The maximum atomic E-state index is 12.8. The van der Waals surface area contributed by atoms with Crippen LogP contribution in [-0.2, 0) is 4.79 Å². The molecule has 3 heterocycles. The predicted molar refractivity (Wildman–Crippen MR) is 96.3 cm³/mol. The van der Waals surface area contributed by atoms with Gasteiger partial charge in [-0.05, 0) is 51.4 Å². The highest BCUT2D eigenvalue weighted by Crippen LogP contribution is 2.36. The van der Waals surface area contributed by atoms with Crippen molar-refractivity contribution in [3.63, 3.8) is 0 Å². The molecule has 3 atom stereocenters. The zero-order valence-electron chi connectivity index (χ0n) is 15.6. The third kappa shape index (κ3) is 3.68. The molecule has 0 aromatic carbocycles. The van der Waals surface area contributed by atoms with Crippen LogP contribution >= 0.6 is 0 Å². The van der Waals surface area contributed by atoms with Crippen molar-refractivity contribution in [2.24, 2.45) is 5.92 Å². The van der Waals surface area contributed by atoms with Gasteiger partial charge in [-0.3, -0.25) is 14.6 Å². The molecule has 3 rings (SSSR count). The molecule has 0 N–H and O–H groups in total. The molecule has 6 nitrogen and oxygen atoms in total. The number of nitrogens with zero attached hydrogens (tertiary/aromatic N) is 4. The average Bonchev–Trinajstić information content (AvgIpc) is 2.90. The van der Waals surface area contributed by atoms with E-state index in [2.05, 4.69) is 14.8 Å². The number of piperidine rings is 1. The number of fused-ring (bicyclic) bond motifs is 1. The molecule has 1 aromatic rings. The molecule has 2 aliphatic rings. The molecular weight excluding hydrogens is 316 g/mol. The summed E-state index contributed by atoms with van der Waals surface area (Å²) in [6.07, 6.45) is 5.24. The van der Waals surface area contributed by atoms with E-state index in [0.717, 1.165) is 31.5 Å². The Balaban J connectivity index is 1.73. The fourth-order valence-corrected chi connectivity index (χ4v) is 4.47. The SMILES string of the molecule is CC(=O)N1[C@H](CN(C)C)C[C@@H]2CN(C(=O)c3cncc(C)c3)CC[C@@H]21. The first-order valence-electron chi connectivity index (χ1n) is 9.01. The van der Waals surface area contributed by atoms with E-state index in [4.69, 9.17) is 0 Å². The van der Waals surface area contributed by atoms with Crippen LogP contribution in [-0.4, -0.2) is 77.3 Å². The quantitative estimate of drug-likeness (QED) is 0.832. The van der Waals surface area contributed by atoms with Crippen LogP contribution in [0.3, 0.4) is 0 Å². The van der Waals surface area contributed by atoms with Gasteiger partial charge < -0.3 is 14.7 Å². The maximum Gasteiger partial charge on any atom is 0.255 e. The van der Waals surface area contributed by atoms with Crippen LogP contribution in [0.4, 0.5) is 0 Å². The molecule has 1 aromatic heterocycles. The first-order valence-corrected chi connectivity index (χ1v) is 9.01. The fraction of sp³-hybridized carbons (Fsp3) is 0.632. The molecule has 6 heteroatoms. The second-order valence-corrected chi connectivity index (χ2v) is 7.70. The average molecular weight is 344 g/mol. The van der Waals surface area contributed by atoms with Crippen molar-refractivity contribution >= 4 is 11.8 Å². The van der Waals surface area contributed by atoms with Crippen molar-refractivity contribution in [1.29, 1.82) is 0 Å². The number of carbonyl (C=O) groups excluding carboxylic acids is 2.